The molecule has 0 unspecified atom stereocenters. The van der Waals surface area contributed by atoms with Gasteiger partial charge in [-0.3, -0.25) is 9.59 Å². The summed E-state index contributed by atoms with van der Waals surface area (Å²) in [4.78, 5) is 23.8. The Morgan fingerprint density at radius 1 is 1.50 bits per heavy atom. The van der Waals surface area contributed by atoms with Gasteiger partial charge in [0.05, 0.1) is 11.3 Å². The number of hydrogen-bond acceptors (Lipinski definition) is 3. The van der Waals surface area contributed by atoms with E-state index in [2.05, 4.69) is 0 Å². The average molecular weight is 208 g/mol. The topological polar surface area (TPSA) is 34.1 Å². The van der Waals surface area contributed by atoms with Gasteiger partial charge in [-0.1, -0.05) is 0 Å². The Balaban J connectivity index is 2.02. The van der Waals surface area contributed by atoms with Crippen LogP contribution in [0.15, 0.2) is 11.4 Å². The third kappa shape index (κ3) is 1.93. The van der Waals surface area contributed by atoms with Crippen molar-refractivity contribution in [1.29, 1.82) is 0 Å². The summed E-state index contributed by atoms with van der Waals surface area (Å²) in [5.74, 6) is 0.316. The van der Waals surface area contributed by atoms with Gasteiger partial charge in [0.1, 0.15) is 5.78 Å². The molecular formula is C11H12O2S. The van der Waals surface area contributed by atoms with Gasteiger partial charge in [0.15, 0.2) is 5.78 Å². The highest BCUT2D eigenvalue weighted by Crippen LogP contribution is 2.31. The van der Waals surface area contributed by atoms with Crippen LogP contribution in [0.25, 0.3) is 0 Å². The second-order valence-corrected chi connectivity index (χ2v) is 4.69. The lowest BCUT2D eigenvalue weighted by atomic mass is 10.1. The van der Waals surface area contributed by atoms with E-state index < -0.39 is 0 Å². The molecule has 1 aromatic heterocycles. The maximum absolute atomic E-state index is 11.7. The summed E-state index contributed by atoms with van der Waals surface area (Å²) in [6.07, 6.45) is 2.07. The molecule has 1 saturated carbocycles. The van der Waals surface area contributed by atoms with Crippen LogP contribution in [0.3, 0.4) is 0 Å². The largest absolute Gasteiger partial charge is 0.299 e. The number of Topliss-reactive ketones (excluding diaryl/α,β-unsaturated/α-hetero) is 2. The zero-order valence-corrected chi connectivity index (χ0v) is 8.89. The standard InChI is InChI=1S/C11H12O2S/c1-7-4-5-14-11(7)10(13)6-9(12)8-2-3-8/h4-5,8H,2-3,6H2,1H3. The molecule has 0 aromatic carbocycles. The second kappa shape index (κ2) is 3.65. The van der Waals surface area contributed by atoms with Crippen LogP contribution in [0.5, 0.6) is 0 Å². The molecule has 0 aliphatic heterocycles. The van der Waals surface area contributed by atoms with Crippen molar-refractivity contribution in [1.82, 2.24) is 0 Å². The fourth-order valence-electron chi connectivity index (χ4n) is 1.45. The van der Waals surface area contributed by atoms with Crippen molar-refractivity contribution in [3.63, 3.8) is 0 Å². The van der Waals surface area contributed by atoms with Gasteiger partial charge in [-0.25, -0.2) is 0 Å². The molecule has 1 fully saturated rings. The number of aryl methyl sites for hydroxylation is 1. The lowest BCUT2D eigenvalue weighted by Gasteiger charge is -1.97. The third-order valence-corrected chi connectivity index (χ3v) is 3.54. The van der Waals surface area contributed by atoms with E-state index >= 15 is 0 Å². The first-order valence-electron chi connectivity index (χ1n) is 4.78. The maximum Gasteiger partial charge on any atom is 0.180 e. The maximum atomic E-state index is 11.7. The highest BCUT2D eigenvalue weighted by molar-refractivity contribution is 7.12. The fraction of sp³-hybridized carbons (Fsp3) is 0.455. The molecule has 14 heavy (non-hydrogen) atoms. The van der Waals surface area contributed by atoms with Gasteiger partial charge in [-0.05, 0) is 36.8 Å². The summed E-state index contributed by atoms with van der Waals surface area (Å²) in [5.41, 5.74) is 0.989. The molecule has 0 radical (unpaired) electrons. The molecule has 0 saturated heterocycles. The van der Waals surface area contributed by atoms with Crippen molar-refractivity contribution in [2.75, 3.05) is 0 Å². The molecule has 1 aliphatic rings. The van der Waals surface area contributed by atoms with Gasteiger partial charge in [-0.2, -0.15) is 0 Å². The Morgan fingerprint density at radius 2 is 2.21 bits per heavy atom. The van der Waals surface area contributed by atoms with Crippen LogP contribution in [-0.2, 0) is 4.79 Å². The minimum absolute atomic E-state index is 0.00519. The Bertz CT molecular complexity index is 374. The predicted octanol–water partition coefficient (Wildman–Crippen LogP) is 2.61. The van der Waals surface area contributed by atoms with E-state index in [1.807, 2.05) is 18.4 Å². The number of hydrogen-bond donors (Lipinski definition) is 0. The van der Waals surface area contributed by atoms with Gasteiger partial charge >= 0.3 is 0 Å². The van der Waals surface area contributed by atoms with E-state index in [1.165, 1.54) is 11.3 Å². The molecule has 0 atom stereocenters. The van der Waals surface area contributed by atoms with E-state index in [0.29, 0.717) is 0 Å². The van der Waals surface area contributed by atoms with E-state index in [4.69, 9.17) is 0 Å². The summed E-state index contributed by atoms with van der Waals surface area (Å²) in [7, 11) is 0. The zero-order valence-electron chi connectivity index (χ0n) is 8.08. The van der Waals surface area contributed by atoms with Crippen molar-refractivity contribution < 1.29 is 9.59 Å². The Labute approximate surface area is 86.9 Å². The molecule has 0 N–H and O–H groups in total. The summed E-state index contributed by atoms with van der Waals surface area (Å²) < 4.78 is 0. The first-order chi connectivity index (χ1) is 6.68. The van der Waals surface area contributed by atoms with Crippen LogP contribution < -0.4 is 0 Å². The van der Waals surface area contributed by atoms with E-state index in [1.54, 1.807) is 0 Å². The highest BCUT2D eigenvalue weighted by Gasteiger charge is 2.31. The molecule has 1 aromatic rings. The number of carbonyl (C=O) groups is 2. The third-order valence-electron chi connectivity index (χ3n) is 2.48. The summed E-state index contributed by atoms with van der Waals surface area (Å²) >= 11 is 1.43. The first-order valence-corrected chi connectivity index (χ1v) is 5.66. The molecule has 1 heterocycles. The number of ketones is 2. The minimum Gasteiger partial charge on any atom is -0.299 e. The van der Waals surface area contributed by atoms with Crippen LogP contribution in [0.2, 0.25) is 0 Å². The van der Waals surface area contributed by atoms with Crippen molar-refractivity contribution in [2.24, 2.45) is 5.92 Å². The van der Waals surface area contributed by atoms with Crippen molar-refractivity contribution in [3.8, 4) is 0 Å². The van der Waals surface area contributed by atoms with Crippen molar-refractivity contribution in [2.45, 2.75) is 26.2 Å². The molecule has 3 heteroatoms. The monoisotopic (exact) mass is 208 g/mol. The quantitative estimate of drug-likeness (QED) is 0.563. The van der Waals surface area contributed by atoms with Crippen LogP contribution in [-0.4, -0.2) is 11.6 Å². The van der Waals surface area contributed by atoms with Crippen LogP contribution >= 0.6 is 11.3 Å². The van der Waals surface area contributed by atoms with Crippen molar-refractivity contribution in [3.05, 3.63) is 21.9 Å². The van der Waals surface area contributed by atoms with Crippen molar-refractivity contribution >= 4 is 22.9 Å². The first kappa shape index (κ1) is 9.59. The molecule has 2 nitrogen and oxygen atoms in total. The molecule has 74 valence electrons. The van der Waals surface area contributed by atoms with Gasteiger partial charge < -0.3 is 0 Å². The molecule has 2 rings (SSSR count). The van der Waals surface area contributed by atoms with E-state index in [-0.39, 0.29) is 23.9 Å². The molecule has 0 bridgehead atoms. The minimum atomic E-state index is -0.00519. The number of thiophene rings is 1. The average Bonchev–Trinajstić information content (AvgIpc) is 2.89. The Morgan fingerprint density at radius 3 is 2.71 bits per heavy atom. The molecule has 0 spiro atoms. The molecular weight excluding hydrogens is 196 g/mol. The second-order valence-electron chi connectivity index (χ2n) is 3.77. The van der Waals surface area contributed by atoms with E-state index in [0.717, 1.165) is 23.3 Å². The smallest absolute Gasteiger partial charge is 0.180 e. The van der Waals surface area contributed by atoms with Crippen LogP contribution in [0.1, 0.15) is 34.5 Å². The summed E-state index contributed by atoms with van der Waals surface area (Å²) in [6.45, 7) is 1.91. The van der Waals surface area contributed by atoms with Gasteiger partial charge in [-0.15, -0.1) is 11.3 Å². The summed E-state index contributed by atoms with van der Waals surface area (Å²) in [5, 5.41) is 1.89. The molecule has 1 aliphatic carbocycles. The highest BCUT2D eigenvalue weighted by atomic mass is 32.1. The normalized spacial score (nSPS) is 15.5. The zero-order chi connectivity index (χ0) is 10.1. The SMILES string of the molecule is Cc1ccsc1C(=O)CC(=O)C1CC1. The number of rotatable bonds is 4. The summed E-state index contributed by atoms with van der Waals surface area (Å²) in [6, 6.07) is 1.92. The van der Waals surface area contributed by atoms with E-state index in [9.17, 15) is 9.59 Å². The number of carbonyl (C=O) groups excluding carboxylic acids is 2. The van der Waals surface area contributed by atoms with Crippen LogP contribution in [0, 0.1) is 12.8 Å². The van der Waals surface area contributed by atoms with Gasteiger partial charge in [0, 0.05) is 5.92 Å². The lowest BCUT2D eigenvalue weighted by molar-refractivity contribution is -0.119. The Kier molecular flexibility index (Phi) is 2.50. The Hall–Kier alpha value is -0.960. The fourth-order valence-corrected chi connectivity index (χ4v) is 2.31. The predicted molar refractivity (Wildman–Crippen MR) is 55.7 cm³/mol. The van der Waals surface area contributed by atoms with Crippen LogP contribution in [0.4, 0.5) is 0 Å². The molecule has 0 amide bonds. The van der Waals surface area contributed by atoms with Gasteiger partial charge in [0.2, 0.25) is 0 Å². The lowest BCUT2D eigenvalue weighted by Crippen LogP contribution is -2.09. The van der Waals surface area contributed by atoms with Gasteiger partial charge in [0.25, 0.3) is 0 Å².